The Kier molecular flexibility index (Phi) is 4.24. The third-order valence-corrected chi connectivity index (χ3v) is 8.63. The minimum atomic E-state index is 0.200. The predicted octanol–water partition coefficient (Wildman–Crippen LogP) is 5.46. The van der Waals surface area contributed by atoms with Gasteiger partial charge in [-0.3, -0.25) is 4.79 Å². The molecule has 5 unspecified atom stereocenters. The predicted molar refractivity (Wildman–Crippen MR) is 100 cm³/mol. The van der Waals surface area contributed by atoms with E-state index in [9.17, 15) is 9.70 Å². The molecular formula is C22H31NO2. The quantitative estimate of drug-likeness (QED) is 0.505. The number of nitroso groups, excluding NO2 is 1. The van der Waals surface area contributed by atoms with Crippen LogP contribution in [0.5, 0.6) is 0 Å². The van der Waals surface area contributed by atoms with E-state index in [-0.39, 0.29) is 5.41 Å². The Hall–Kier alpha value is -1.25. The molecule has 3 nitrogen and oxygen atoms in total. The molecule has 0 N–H and O–H groups in total. The molecule has 0 amide bonds. The van der Waals surface area contributed by atoms with E-state index in [1.165, 1.54) is 37.7 Å². The number of hydrogen-bond donors (Lipinski definition) is 0. The van der Waals surface area contributed by atoms with Crippen LogP contribution in [0.25, 0.3) is 0 Å². The molecule has 0 aromatic carbocycles. The van der Waals surface area contributed by atoms with Gasteiger partial charge in [0.05, 0.1) is 6.54 Å². The van der Waals surface area contributed by atoms with Gasteiger partial charge in [0.15, 0.2) is 5.78 Å². The monoisotopic (exact) mass is 341 g/mol. The summed E-state index contributed by atoms with van der Waals surface area (Å²) in [6.07, 6.45) is 15.7. The molecule has 6 atom stereocenters. The van der Waals surface area contributed by atoms with Gasteiger partial charge < -0.3 is 0 Å². The number of allylic oxidation sites excluding steroid dienone is 2. The van der Waals surface area contributed by atoms with Gasteiger partial charge in [0, 0.05) is 6.42 Å². The summed E-state index contributed by atoms with van der Waals surface area (Å²) in [6, 6.07) is 0. The van der Waals surface area contributed by atoms with Crippen molar-refractivity contribution < 1.29 is 4.79 Å². The first kappa shape index (κ1) is 17.2. The van der Waals surface area contributed by atoms with Gasteiger partial charge in [-0.2, -0.15) is 4.91 Å². The van der Waals surface area contributed by atoms with E-state index in [4.69, 9.17) is 0 Å². The molecule has 4 aliphatic rings. The van der Waals surface area contributed by atoms with Crippen LogP contribution in [0.1, 0.15) is 65.2 Å². The fourth-order valence-electron chi connectivity index (χ4n) is 7.11. The molecule has 0 radical (unpaired) electrons. The van der Waals surface area contributed by atoms with E-state index < -0.39 is 0 Å². The van der Waals surface area contributed by atoms with Crippen molar-refractivity contribution in [2.75, 3.05) is 6.54 Å². The van der Waals surface area contributed by atoms with Crippen LogP contribution in [-0.4, -0.2) is 12.3 Å². The molecule has 0 aromatic rings. The maximum Gasteiger partial charge on any atom is 0.155 e. The zero-order chi connectivity index (χ0) is 17.7. The molecule has 3 heteroatoms. The van der Waals surface area contributed by atoms with Gasteiger partial charge in [0.25, 0.3) is 0 Å². The fourth-order valence-corrected chi connectivity index (χ4v) is 7.11. The van der Waals surface area contributed by atoms with E-state index >= 15 is 0 Å². The number of hydrogen-bond acceptors (Lipinski definition) is 3. The molecule has 0 aliphatic heterocycles. The second kappa shape index (κ2) is 6.17. The maximum absolute atomic E-state index is 11.8. The Morgan fingerprint density at radius 1 is 1.12 bits per heavy atom. The number of carbonyl (C=O) groups excluding carboxylic acids is 1. The summed E-state index contributed by atoms with van der Waals surface area (Å²) in [6.45, 7) is 5.21. The van der Waals surface area contributed by atoms with Crippen molar-refractivity contribution >= 4 is 5.78 Å². The zero-order valence-electron chi connectivity index (χ0n) is 15.7. The first-order valence-electron chi connectivity index (χ1n) is 10.2. The van der Waals surface area contributed by atoms with E-state index in [1.54, 1.807) is 0 Å². The summed E-state index contributed by atoms with van der Waals surface area (Å²) in [5.41, 5.74) is 2.02. The largest absolute Gasteiger partial charge is 0.295 e. The van der Waals surface area contributed by atoms with Crippen molar-refractivity contribution in [1.29, 1.82) is 0 Å². The fraction of sp³-hybridized carbons (Fsp3) is 0.773. The molecule has 0 saturated heterocycles. The molecule has 3 fully saturated rings. The van der Waals surface area contributed by atoms with Crippen molar-refractivity contribution in [3.63, 3.8) is 0 Å². The molecule has 136 valence electrons. The number of ketones is 1. The lowest BCUT2D eigenvalue weighted by atomic mass is 9.49. The molecule has 4 rings (SSSR count). The summed E-state index contributed by atoms with van der Waals surface area (Å²) >= 11 is 0. The van der Waals surface area contributed by atoms with Crippen LogP contribution in [0, 0.1) is 39.4 Å². The number of rotatable bonds is 3. The van der Waals surface area contributed by atoms with Crippen molar-refractivity contribution in [2.24, 2.45) is 39.7 Å². The average molecular weight is 341 g/mol. The van der Waals surface area contributed by atoms with Crippen LogP contribution in [0.2, 0.25) is 0 Å². The zero-order valence-corrected chi connectivity index (χ0v) is 15.7. The molecular weight excluding hydrogens is 310 g/mol. The van der Waals surface area contributed by atoms with E-state index in [1.807, 2.05) is 12.2 Å². The summed E-state index contributed by atoms with van der Waals surface area (Å²) in [5, 5.41) is 3.00. The Morgan fingerprint density at radius 2 is 1.96 bits per heavy atom. The van der Waals surface area contributed by atoms with Crippen LogP contribution in [0.3, 0.4) is 0 Å². The summed E-state index contributed by atoms with van der Waals surface area (Å²) in [4.78, 5) is 22.3. The van der Waals surface area contributed by atoms with Crippen LogP contribution in [-0.2, 0) is 4.79 Å². The highest BCUT2D eigenvalue weighted by atomic mass is 16.3. The first-order valence-corrected chi connectivity index (χ1v) is 10.2. The van der Waals surface area contributed by atoms with E-state index in [0.29, 0.717) is 23.7 Å². The van der Waals surface area contributed by atoms with Crippen molar-refractivity contribution in [2.45, 2.75) is 65.2 Å². The molecule has 0 bridgehead atoms. The van der Waals surface area contributed by atoms with Gasteiger partial charge in [-0.1, -0.05) is 36.7 Å². The molecule has 4 aliphatic carbocycles. The number of nitrogens with zero attached hydrogens (tertiary/aromatic N) is 1. The van der Waals surface area contributed by atoms with Gasteiger partial charge in [0.1, 0.15) is 0 Å². The minimum Gasteiger partial charge on any atom is -0.295 e. The van der Waals surface area contributed by atoms with Crippen LogP contribution in [0.15, 0.2) is 29.0 Å². The van der Waals surface area contributed by atoms with Gasteiger partial charge in [-0.25, -0.2) is 0 Å². The molecule has 0 aromatic heterocycles. The van der Waals surface area contributed by atoms with Gasteiger partial charge >= 0.3 is 0 Å². The van der Waals surface area contributed by atoms with Crippen molar-refractivity contribution in [1.82, 2.24) is 0 Å². The maximum atomic E-state index is 11.8. The standard InChI is InChI=1S/C22H31NO2/c1-21(10-3-13-23-25)11-9-20-19-6-4-15-14-16(24)5-7-17(15)18(19)8-12-22(20,21)2/h3,10,14,17-20H,4-9,11-13H2,1-2H3/b10-3-/t17?,18?,19?,20?,21-,22?/m1/s1. The van der Waals surface area contributed by atoms with Crippen LogP contribution < -0.4 is 0 Å². The third-order valence-electron chi connectivity index (χ3n) is 8.63. The lowest BCUT2D eigenvalue weighted by molar-refractivity contribution is -0.116. The topological polar surface area (TPSA) is 46.5 Å². The third kappa shape index (κ3) is 2.57. The van der Waals surface area contributed by atoms with Crippen LogP contribution >= 0.6 is 0 Å². The SMILES string of the molecule is CC12CCC3C4CCC(=O)C=C4CCC3C1CC[C@@]2(C)/C=C\CN=O. The van der Waals surface area contributed by atoms with E-state index in [0.717, 1.165) is 37.0 Å². The molecule has 0 spiro atoms. The highest BCUT2D eigenvalue weighted by Crippen LogP contribution is 2.68. The Balaban J connectivity index is 1.59. The van der Waals surface area contributed by atoms with Crippen molar-refractivity contribution in [3.05, 3.63) is 28.7 Å². The average Bonchev–Trinajstić information content (AvgIpc) is 2.86. The van der Waals surface area contributed by atoms with Crippen molar-refractivity contribution in [3.8, 4) is 0 Å². The Labute approximate surface area is 151 Å². The summed E-state index contributed by atoms with van der Waals surface area (Å²) in [7, 11) is 0. The lowest BCUT2D eigenvalue weighted by Gasteiger charge is -2.56. The lowest BCUT2D eigenvalue weighted by Crippen LogP contribution is -2.48. The van der Waals surface area contributed by atoms with Crippen LogP contribution in [0.4, 0.5) is 0 Å². The normalized spacial score (nSPS) is 46.3. The second-order valence-corrected chi connectivity index (χ2v) is 9.43. The highest BCUT2D eigenvalue weighted by Gasteiger charge is 2.59. The first-order chi connectivity index (χ1) is 12.0. The minimum absolute atomic E-state index is 0.200. The number of carbonyl (C=O) groups is 1. The highest BCUT2D eigenvalue weighted by molar-refractivity contribution is 5.91. The van der Waals surface area contributed by atoms with E-state index in [2.05, 4.69) is 25.1 Å². The summed E-state index contributed by atoms with van der Waals surface area (Å²) < 4.78 is 0. The van der Waals surface area contributed by atoms with Gasteiger partial charge in [-0.15, -0.1) is 0 Å². The Morgan fingerprint density at radius 3 is 2.76 bits per heavy atom. The van der Waals surface area contributed by atoms with Gasteiger partial charge in [-0.05, 0) is 85.5 Å². The smallest absolute Gasteiger partial charge is 0.155 e. The van der Waals surface area contributed by atoms with Gasteiger partial charge in [0.2, 0.25) is 0 Å². The molecule has 3 saturated carbocycles. The second-order valence-electron chi connectivity index (χ2n) is 9.43. The Bertz CT molecular complexity index is 636. The molecule has 25 heavy (non-hydrogen) atoms. The number of fused-ring (bicyclic) bond motifs is 5. The molecule has 0 heterocycles. The summed E-state index contributed by atoms with van der Waals surface area (Å²) in [5.74, 6) is 3.46.